The van der Waals surface area contributed by atoms with Crippen LogP contribution >= 0.6 is 0 Å². The van der Waals surface area contributed by atoms with Gasteiger partial charge in [-0.25, -0.2) is 0 Å². The van der Waals surface area contributed by atoms with E-state index in [9.17, 15) is 4.79 Å². The molecule has 2 aliphatic rings. The molecular formula is C12H22N2O2. The molecule has 2 aliphatic heterocycles. The minimum Gasteiger partial charge on any atom is -0.368 e. The second kappa shape index (κ2) is 6.21. The fraction of sp³-hybridized carbons (Fsp3) is 0.917. The van der Waals surface area contributed by atoms with Crippen LogP contribution in [0.2, 0.25) is 0 Å². The average Bonchev–Trinajstić information content (AvgIpc) is 2.53. The predicted molar refractivity (Wildman–Crippen MR) is 62.2 cm³/mol. The molecule has 0 saturated carbocycles. The highest BCUT2D eigenvalue weighted by molar-refractivity contribution is 5.80. The summed E-state index contributed by atoms with van der Waals surface area (Å²) in [4.78, 5) is 11.6. The lowest BCUT2D eigenvalue weighted by Gasteiger charge is -2.24. The Labute approximate surface area is 97.1 Å². The van der Waals surface area contributed by atoms with Crippen molar-refractivity contribution in [2.75, 3.05) is 26.2 Å². The van der Waals surface area contributed by atoms with Gasteiger partial charge in [0, 0.05) is 6.54 Å². The summed E-state index contributed by atoms with van der Waals surface area (Å²) in [5, 5.41) is 6.24. The summed E-state index contributed by atoms with van der Waals surface area (Å²) in [7, 11) is 0. The van der Waals surface area contributed by atoms with Crippen LogP contribution in [-0.4, -0.2) is 38.3 Å². The van der Waals surface area contributed by atoms with Crippen LogP contribution in [0.25, 0.3) is 0 Å². The van der Waals surface area contributed by atoms with Gasteiger partial charge in [0.1, 0.15) is 6.10 Å². The number of hydrogen-bond donors (Lipinski definition) is 2. The van der Waals surface area contributed by atoms with Gasteiger partial charge in [-0.2, -0.15) is 0 Å². The highest BCUT2D eigenvalue weighted by Crippen LogP contribution is 2.15. The Bertz CT molecular complexity index is 227. The molecule has 0 aromatic heterocycles. The molecule has 0 bridgehead atoms. The van der Waals surface area contributed by atoms with Gasteiger partial charge >= 0.3 is 0 Å². The van der Waals surface area contributed by atoms with E-state index >= 15 is 0 Å². The number of hydrogen-bond acceptors (Lipinski definition) is 3. The van der Waals surface area contributed by atoms with Crippen LogP contribution in [0, 0.1) is 5.92 Å². The molecule has 4 nitrogen and oxygen atoms in total. The minimum atomic E-state index is -0.197. The van der Waals surface area contributed by atoms with E-state index in [1.54, 1.807) is 0 Å². The molecule has 2 fully saturated rings. The summed E-state index contributed by atoms with van der Waals surface area (Å²) >= 11 is 0. The average molecular weight is 226 g/mol. The minimum absolute atomic E-state index is 0.0893. The van der Waals surface area contributed by atoms with E-state index in [4.69, 9.17) is 4.74 Å². The SMILES string of the molecule is O=C1NCCCCC1OCC1CCNCC1. The molecule has 4 heteroatoms. The van der Waals surface area contributed by atoms with Gasteiger partial charge in [0.15, 0.2) is 0 Å². The summed E-state index contributed by atoms with van der Waals surface area (Å²) in [6.07, 6.45) is 5.21. The Kier molecular flexibility index (Phi) is 4.60. The zero-order valence-electron chi connectivity index (χ0n) is 9.84. The first-order chi connectivity index (χ1) is 7.86. The van der Waals surface area contributed by atoms with Gasteiger partial charge in [-0.05, 0) is 51.1 Å². The zero-order chi connectivity index (χ0) is 11.2. The second-order valence-corrected chi connectivity index (χ2v) is 4.80. The normalized spacial score (nSPS) is 28.5. The standard InChI is InChI=1S/C12H22N2O2/c15-12-11(3-1-2-6-14-12)16-9-10-4-7-13-8-5-10/h10-11,13H,1-9H2,(H,14,15). The predicted octanol–water partition coefficient (Wildman–Crippen LogP) is 0.671. The Morgan fingerprint density at radius 1 is 1.12 bits per heavy atom. The summed E-state index contributed by atoms with van der Waals surface area (Å²) < 4.78 is 5.77. The molecule has 0 radical (unpaired) electrons. The van der Waals surface area contributed by atoms with Crippen molar-refractivity contribution in [2.24, 2.45) is 5.92 Å². The summed E-state index contributed by atoms with van der Waals surface area (Å²) in [6, 6.07) is 0. The van der Waals surface area contributed by atoms with Gasteiger partial charge in [-0.1, -0.05) is 0 Å². The maximum Gasteiger partial charge on any atom is 0.249 e. The number of rotatable bonds is 3. The molecule has 1 unspecified atom stereocenters. The number of nitrogens with one attached hydrogen (secondary N) is 2. The third-order valence-electron chi connectivity index (χ3n) is 3.48. The molecule has 0 aromatic rings. The van der Waals surface area contributed by atoms with Crippen molar-refractivity contribution in [1.82, 2.24) is 10.6 Å². The first-order valence-electron chi connectivity index (χ1n) is 6.46. The molecule has 2 saturated heterocycles. The van der Waals surface area contributed by atoms with Crippen LogP contribution in [0.15, 0.2) is 0 Å². The number of amides is 1. The molecule has 0 spiro atoms. The van der Waals surface area contributed by atoms with Crippen LogP contribution in [0.3, 0.4) is 0 Å². The summed E-state index contributed by atoms with van der Waals surface area (Å²) in [6.45, 7) is 3.74. The van der Waals surface area contributed by atoms with Crippen LogP contribution in [0.4, 0.5) is 0 Å². The van der Waals surface area contributed by atoms with Crippen molar-refractivity contribution in [3.63, 3.8) is 0 Å². The lowest BCUT2D eigenvalue weighted by Crippen LogP contribution is -2.37. The van der Waals surface area contributed by atoms with Crippen molar-refractivity contribution >= 4 is 5.91 Å². The van der Waals surface area contributed by atoms with Crippen LogP contribution in [-0.2, 0) is 9.53 Å². The number of carbonyl (C=O) groups excluding carboxylic acids is 1. The third-order valence-corrected chi connectivity index (χ3v) is 3.48. The van der Waals surface area contributed by atoms with Crippen LogP contribution in [0.1, 0.15) is 32.1 Å². The van der Waals surface area contributed by atoms with Crippen LogP contribution in [0.5, 0.6) is 0 Å². The van der Waals surface area contributed by atoms with Gasteiger partial charge in [0.05, 0.1) is 6.61 Å². The molecule has 16 heavy (non-hydrogen) atoms. The van der Waals surface area contributed by atoms with E-state index < -0.39 is 0 Å². The number of piperidine rings is 1. The van der Waals surface area contributed by atoms with Gasteiger partial charge in [-0.15, -0.1) is 0 Å². The van der Waals surface area contributed by atoms with Crippen molar-refractivity contribution in [3.8, 4) is 0 Å². The molecule has 2 heterocycles. The maximum atomic E-state index is 11.6. The number of ether oxygens (including phenoxy) is 1. The Balaban J connectivity index is 1.72. The van der Waals surface area contributed by atoms with E-state index in [2.05, 4.69) is 10.6 Å². The molecular weight excluding hydrogens is 204 g/mol. The fourth-order valence-corrected chi connectivity index (χ4v) is 2.37. The molecule has 0 aliphatic carbocycles. The van der Waals surface area contributed by atoms with Gasteiger partial charge in [0.2, 0.25) is 5.91 Å². The fourth-order valence-electron chi connectivity index (χ4n) is 2.37. The molecule has 1 atom stereocenters. The maximum absolute atomic E-state index is 11.6. The largest absolute Gasteiger partial charge is 0.368 e. The molecule has 0 aromatic carbocycles. The Morgan fingerprint density at radius 3 is 2.75 bits per heavy atom. The smallest absolute Gasteiger partial charge is 0.249 e. The third kappa shape index (κ3) is 3.46. The molecule has 1 amide bonds. The van der Waals surface area contributed by atoms with Crippen molar-refractivity contribution in [1.29, 1.82) is 0 Å². The van der Waals surface area contributed by atoms with Gasteiger partial charge < -0.3 is 15.4 Å². The van der Waals surface area contributed by atoms with E-state index in [1.165, 1.54) is 12.8 Å². The van der Waals surface area contributed by atoms with E-state index in [0.29, 0.717) is 5.92 Å². The second-order valence-electron chi connectivity index (χ2n) is 4.80. The van der Waals surface area contributed by atoms with E-state index in [0.717, 1.165) is 45.5 Å². The van der Waals surface area contributed by atoms with E-state index in [1.807, 2.05) is 0 Å². The first-order valence-corrected chi connectivity index (χ1v) is 6.46. The first kappa shape index (κ1) is 11.9. The monoisotopic (exact) mass is 226 g/mol. The van der Waals surface area contributed by atoms with Crippen molar-refractivity contribution in [2.45, 2.75) is 38.2 Å². The Morgan fingerprint density at radius 2 is 1.94 bits per heavy atom. The lowest BCUT2D eigenvalue weighted by atomic mass is 9.99. The van der Waals surface area contributed by atoms with Gasteiger partial charge in [0.25, 0.3) is 0 Å². The summed E-state index contributed by atoms with van der Waals surface area (Å²) in [5.41, 5.74) is 0. The molecule has 92 valence electrons. The lowest BCUT2D eigenvalue weighted by molar-refractivity contribution is -0.133. The van der Waals surface area contributed by atoms with Crippen LogP contribution < -0.4 is 10.6 Å². The zero-order valence-corrected chi connectivity index (χ0v) is 9.84. The number of carbonyl (C=O) groups is 1. The highest BCUT2D eigenvalue weighted by Gasteiger charge is 2.23. The molecule has 2 rings (SSSR count). The van der Waals surface area contributed by atoms with Gasteiger partial charge in [-0.3, -0.25) is 4.79 Å². The molecule has 2 N–H and O–H groups in total. The summed E-state index contributed by atoms with van der Waals surface area (Å²) in [5.74, 6) is 0.726. The van der Waals surface area contributed by atoms with E-state index in [-0.39, 0.29) is 12.0 Å². The highest BCUT2D eigenvalue weighted by atomic mass is 16.5. The quantitative estimate of drug-likeness (QED) is 0.743. The van der Waals surface area contributed by atoms with Crippen molar-refractivity contribution < 1.29 is 9.53 Å². The van der Waals surface area contributed by atoms with Crippen molar-refractivity contribution in [3.05, 3.63) is 0 Å². The Hall–Kier alpha value is -0.610. The topological polar surface area (TPSA) is 50.4 Å².